The fourth-order valence-electron chi connectivity index (χ4n) is 9.70. The molecule has 0 bridgehead atoms. The second-order valence-electron chi connectivity index (χ2n) is 17.1. The lowest BCUT2D eigenvalue weighted by Gasteiger charge is -2.29. The Hall–Kier alpha value is -4.58. The van der Waals surface area contributed by atoms with Gasteiger partial charge in [-0.15, -0.1) is 0 Å². The maximum Gasteiger partial charge on any atom is 0.198 e. The normalized spacial score (nSPS) is 20.7. The van der Waals surface area contributed by atoms with Crippen molar-refractivity contribution in [3.63, 3.8) is 0 Å². The number of ether oxygens (including phenoxy) is 2. The van der Waals surface area contributed by atoms with Crippen molar-refractivity contribution >= 4 is 11.6 Å². The minimum Gasteiger partial charge on any atom is -0.507 e. The van der Waals surface area contributed by atoms with Gasteiger partial charge < -0.3 is 19.7 Å². The number of phenolic OH excluding ortho intramolecular Hbond substituents is 2. The van der Waals surface area contributed by atoms with Gasteiger partial charge in [-0.3, -0.25) is 9.59 Å². The molecule has 296 valence electrons. The van der Waals surface area contributed by atoms with E-state index in [2.05, 4.69) is 13.8 Å². The lowest BCUT2D eigenvalue weighted by molar-refractivity contribution is 0.0974. The summed E-state index contributed by atoms with van der Waals surface area (Å²) in [5, 5.41) is 23.1. The molecule has 7 rings (SSSR count). The number of aryl methyl sites for hydroxylation is 2. The summed E-state index contributed by atoms with van der Waals surface area (Å²) < 4.78 is 12.6. The number of aromatic hydroxyl groups is 2. The highest BCUT2D eigenvalue weighted by molar-refractivity contribution is 6.31. The van der Waals surface area contributed by atoms with Crippen LogP contribution in [0, 0.1) is 37.5 Å². The lowest BCUT2D eigenvalue weighted by Crippen LogP contribution is -2.21. The fourth-order valence-corrected chi connectivity index (χ4v) is 9.70. The molecule has 3 aliphatic rings. The van der Waals surface area contributed by atoms with Gasteiger partial charge in [-0.1, -0.05) is 90.2 Å². The molecule has 2 N–H and O–H groups in total. The van der Waals surface area contributed by atoms with Crippen LogP contribution in [0.1, 0.15) is 147 Å². The third-order valence-corrected chi connectivity index (χ3v) is 13.0. The minimum absolute atomic E-state index is 0.0339. The highest BCUT2D eigenvalue weighted by atomic mass is 16.5. The number of carbonyl (C=O) groups excluding carboxylic acids is 2. The minimum atomic E-state index is -0.490. The predicted octanol–water partition coefficient (Wildman–Crippen LogP) is 12.6. The van der Waals surface area contributed by atoms with E-state index in [0.29, 0.717) is 41.7 Å². The molecule has 6 nitrogen and oxygen atoms in total. The number of benzene rings is 4. The van der Waals surface area contributed by atoms with E-state index in [0.717, 1.165) is 40.0 Å². The maximum atomic E-state index is 14.0. The van der Waals surface area contributed by atoms with Crippen molar-refractivity contribution in [1.29, 1.82) is 0 Å². The van der Waals surface area contributed by atoms with Gasteiger partial charge in [0.05, 0.1) is 24.3 Å². The summed E-state index contributed by atoms with van der Waals surface area (Å²) in [5.74, 6) is 3.05. The summed E-state index contributed by atoms with van der Waals surface area (Å²) in [6.07, 6.45) is 17.9. The van der Waals surface area contributed by atoms with Gasteiger partial charge in [0.1, 0.15) is 23.0 Å². The SMILES string of the molecule is CCCCCC1CCC(COc2c(C)cc(-c3ccc4c(c3O)C(=O)c3ccc(-c5ccc(OCC6CCC(CCC)CC6)cc5)c(O)c3C4=O)cc2C)CC1. The number of hydrogen-bond acceptors (Lipinski definition) is 6. The van der Waals surface area contributed by atoms with Gasteiger partial charge in [-0.25, -0.2) is 0 Å². The lowest BCUT2D eigenvalue weighted by atomic mass is 9.80. The second-order valence-corrected chi connectivity index (χ2v) is 17.1. The zero-order valence-electron chi connectivity index (χ0n) is 33.9. The van der Waals surface area contributed by atoms with Crippen molar-refractivity contribution < 1.29 is 29.3 Å². The van der Waals surface area contributed by atoms with E-state index < -0.39 is 11.6 Å². The molecule has 0 heterocycles. The van der Waals surface area contributed by atoms with E-state index >= 15 is 0 Å². The molecular formula is C50H60O6. The molecule has 0 aliphatic heterocycles. The monoisotopic (exact) mass is 756 g/mol. The number of rotatable bonds is 14. The summed E-state index contributed by atoms with van der Waals surface area (Å²) in [5.41, 5.74) is 4.39. The molecule has 0 spiro atoms. The average Bonchev–Trinajstić information content (AvgIpc) is 3.20. The molecule has 56 heavy (non-hydrogen) atoms. The van der Waals surface area contributed by atoms with Gasteiger partial charge in [0.25, 0.3) is 0 Å². The highest BCUT2D eigenvalue weighted by Gasteiger charge is 2.36. The Labute approximate surface area is 333 Å². The first-order valence-electron chi connectivity index (χ1n) is 21.5. The van der Waals surface area contributed by atoms with Crippen molar-refractivity contribution in [2.45, 2.75) is 118 Å². The number of fused-ring (bicyclic) bond motifs is 2. The molecule has 6 heteroatoms. The van der Waals surface area contributed by atoms with E-state index in [1.54, 1.807) is 24.3 Å². The molecule has 0 unspecified atom stereocenters. The molecule has 0 atom stereocenters. The van der Waals surface area contributed by atoms with Gasteiger partial charge in [0, 0.05) is 22.3 Å². The summed E-state index contributed by atoms with van der Waals surface area (Å²) >= 11 is 0. The van der Waals surface area contributed by atoms with Gasteiger partial charge in [-0.2, -0.15) is 0 Å². The van der Waals surface area contributed by atoms with Crippen molar-refractivity contribution in [3.05, 3.63) is 94.0 Å². The van der Waals surface area contributed by atoms with Crippen LogP contribution in [0.3, 0.4) is 0 Å². The van der Waals surface area contributed by atoms with Crippen molar-refractivity contribution in [1.82, 2.24) is 0 Å². The zero-order valence-corrected chi connectivity index (χ0v) is 33.9. The second kappa shape index (κ2) is 17.7. The first-order chi connectivity index (χ1) is 27.2. The van der Waals surface area contributed by atoms with Crippen LogP contribution in [0.25, 0.3) is 22.3 Å². The van der Waals surface area contributed by atoms with Crippen LogP contribution in [-0.4, -0.2) is 35.0 Å². The van der Waals surface area contributed by atoms with Crippen LogP contribution in [-0.2, 0) is 0 Å². The smallest absolute Gasteiger partial charge is 0.198 e. The quantitative estimate of drug-likeness (QED) is 0.110. The summed E-state index contributed by atoms with van der Waals surface area (Å²) in [6, 6.07) is 18.0. The number of unbranched alkanes of at least 4 members (excludes halogenated alkanes) is 2. The number of hydrogen-bond donors (Lipinski definition) is 2. The summed E-state index contributed by atoms with van der Waals surface area (Å²) in [4.78, 5) is 28.0. The Morgan fingerprint density at radius 1 is 0.536 bits per heavy atom. The van der Waals surface area contributed by atoms with Crippen molar-refractivity contribution in [2.24, 2.45) is 23.7 Å². The van der Waals surface area contributed by atoms with E-state index in [4.69, 9.17) is 9.47 Å². The highest BCUT2D eigenvalue weighted by Crippen LogP contribution is 2.45. The van der Waals surface area contributed by atoms with Crippen LogP contribution in [0.5, 0.6) is 23.0 Å². The van der Waals surface area contributed by atoms with E-state index in [1.165, 1.54) is 89.9 Å². The topological polar surface area (TPSA) is 93.1 Å². The third-order valence-electron chi connectivity index (χ3n) is 13.0. The van der Waals surface area contributed by atoms with Crippen molar-refractivity contribution in [3.8, 4) is 45.3 Å². The first kappa shape index (κ1) is 39.6. The number of ketones is 2. The van der Waals surface area contributed by atoms with Crippen LogP contribution in [0.2, 0.25) is 0 Å². The van der Waals surface area contributed by atoms with E-state index in [-0.39, 0.29) is 33.8 Å². The molecule has 2 fully saturated rings. The molecule has 2 saturated carbocycles. The Balaban J connectivity index is 1.03. The molecule has 0 aromatic heterocycles. The van der Waals surface area contributed by atoms with Gasteiger partial charge in [-0.05, 0) is 134 Å². The Kier molecular flexibility index (Phi) is 12.5. The molecule has 0 saturated heterocycles. The molecular weight excluding hydrogens is 697 g/mol. The molecule has 0 amide bonds. The Bertz CT molecular complexity index is 2000. The fraction of sp³-hybridized carbons (Fsp3) is 0.480. The van der Waals surface area contributed by atoms with Crippen LogP contribution in [0.4, 0.5) is 0 Å². The largest absolute Gasteiger partial charge is 0.507 e. The zero-order chi connectivity index (χ0) is 39.3. The maximum absolute atomic E-state index is 14.0. The molecule has 4 aromatic carbocycles. The average molecular weight is 757 g/mol. The molecule has 0 radical (unpaired) electrons. The van der Waals surface area contributed by atoms with E-state index in [9.17, 15) is 19.8 Å². The summed E-state index contributed by atoms with van der Waals surface area (Å²) in [7, 11) is 0. The Morgan fingerprint density at radius 3 is 1.52 bits per heavy atom. The van der Waals surface area contributed by atoms with Gasteiger partial charge in [0.15, 0.2) is 11.6 Å². The van der Waals surface area contributed by atoms with Gasteiger partial charge in [0.2, 0.25) is 0 Å². The van der Waals surface area contributed by atoms with Crippen LogP contribution in [0.15, 0.2) is 60.7 Å². The summed E-state index contributed by atoms with van der Waals surface area (Å²) in [6.45, 7) is 9.95. The third kappa shape index (κ3) is 8.40. The van der Waals surface area contributed by atoms with Crippen molar-refractivity contribution in [2.75, 3.05) is 13.2 Å². The van der Waals surface area contributed by atoms with Crippen LogP contribution >= 0.6 is 0 Å². The standard InChI is InChI=1S/C50H60O6/c1-5-7-8-10-34-13-17-36(18-14-34)30-56-50-31(3)27-38(28-32(50)4)41-24-26-43-45(47(41)52)49(54)42-25-23-40(46(51)44(42)48(43)53)37-19-21-39(22-20-37)55-29-35-15-11-33(9-6-2)12-16-35/h19-28,33-36,51-52H,5-18,29-30H2,1-4H3. The van der Waals surface area contributed by atoms with Crippen LogP contribution < -0.4 is 9.47 Å². The predicted molar refractivity (Wildman–Crippen MR) is 224 cm³/mol. The Morgan fingerprint density at radius 2 is 1.00 bits per heavy atom. The molecule has 4 aromatic rings. The van der Waals surface area contributed by atoms with E-state index in [1.807, 2.05) is 50.2 Å². The van der Waals surface area contributed by atoms with Gasteiger partial charge >= 0.3 is 0 Å². The number of phenols is 2. The first-order valence-corrected chi connectivity index (χ1v) is 21.5. The molecule has 3 aliphatic carbocycles. The number of carbonyl (C=O) groups is 2.